The van der Waals surface area contributed by atoms with Crippen LogP contribution in [0.5, 0.6) is 5.75 Å². The number of rotatable bonds is 4. The van der Waals surface area contributed by atoms with Crippen molar-refractivity contribution in [1.82, 2.24) is 0 Å². The third kappa shape index (κ3) is 3.09. The maximum absolute atomic E-state index is 13.2. The van der Waals surface area contributed by atoms with Gasteiger partial charge in [-0.15, -0.1) is 0 Å². The second-order valence-electron chi connectivity index (χ2n) is 3.90. The zero-order chi connectivity index (χ0) is 13.8. The van der Waals surface area contributed by atoms with Crippen LogP contribution in [0.3, 0.4) is 0 Å². The molecule has 0 aliphatic carbocycles. The first-order valence-corrected chi connectivity index (χ1v) is 6.23. The Balaban J connectivity index is 2.33. The number of nitrogens with two attached hydrogens (primary N) is 1. The molecule has 5 heteroatoms. The van der Waals surface area contributed by atoms with Gasteiger partial charge in [0.2, 0.25) is 0 Å². The molecule has 3 nitrogen and oxygen atoms in total. The van der Waals surface area contributed by atoms with Gasteiger partial charge in [-0.3, -0.25) is 0 Å². The summed E-state index contributed by atoms with van der Waals surface area (Å²) in [6, 6.07) is 9.46. The van der Waals surface area contributed by atoms with Crippen LogP contribution in [0.2, 0.25) is 5.02 Å². The number of nitrogen functional groups attached to an aromatic ring is 1. The van der Waals surface area contributed by atoms with Crippen molar-refractivity contribution in [3.05, 3.63) is 47.2 Å². The van der Waals surface area contributed by atoms with Gasteiger partial charge in [0.15, 0.2) is 0 Å². The first kappa shape index (κ1) is 13.5. The highest BCUT2D eigenvalue weighted by Crippen LogP contribution is 2.33. The zero-order valence-electron chi connectivity index (χ0n) is 10.4. The first-order valence-electron chi connectivity index (χ1n) is 5.85. The van der Waals surface area contributed by atoms with Crippen LogP contribution >= 0.6 is 11.6 Å². The molecule has 2 rings (SSSR count). The maximum Gasteiger partial charge on any atom is 0.144 e. The highest BCUT2D eigenvalue weighted by Gasteiger charge is 2.08. The number of para-hydroxylation sites is 1. The number of benzene rings is 2. The minimum atomic E-state index is -0.369. The summed E-state index contributed by atoms with van der Waals surface area (Å²) in [7, 11) is 0. The molecule has 0 aliphatic rings. The molecule has 0 heterocycles. The van der Waals surface area contributed by atoms with Gasteiger partial charge in [0.1, 0.15) is 11.6 Å². The Morgan fingerprint density at radius 2 is 2.05 bits per heavy atom. The monoisotopic (exact) mass is 280 g/mol. The SMILES string of the molecule is CCOc1cccc(Nc2cc(F)ccc2Cl)c1N. The van der Waals surface area contributed by atoms with Crippen LogP contribution in [0.25, 0.3) is 0 Å². The van der Waals surface area contributed by atoms with Crippen LogP contribution in [-0.4, -0.2) is 6.61 Å². The Morgan fingerprint density at radius 1 is 1.26 bits per heavy atom. The van der Waals surface area contributed by atoms with Gasteiger partial charge >= 0.3 is 0 Å². The van der Waals surface area contributed by atoms with Crippen molar-refractivity contribution >= 4 is 28.7 Å². The predicted octanol–water partition coefficient (Wildman–Crippen LogP) is 4.20. The quantitative estimate of drug-likeness (QED) is 0.825. The summed E-state index contributed by atoms with van der Waals surface area (Å²) < 4.78 is 18.6. The van der Waals surface area contributed by atoms with E-state index in [0.717, 1.165) is 0 Å². The highest BCUT2D eigenvalue weighted by molar-refractivity contribution is 6.33. The Labute approximate surface area is 116 Å². The number of anilines is 3. The Morgan fingerprint density at radius 3 is 2.79 bits per heavy atom. The third-order valence-corrected chi connectivity index (χ3v) is 2.89. The minimum absolute atomic E-state index is 0.369. The molecular formula is C14H14ClFN2O. The van der Waals surface area contributed by atoms with Crippen molar-refractivity contribution < 1.29 is 9.13 Å². The number of ether oxygens (including phenoxy) is 1. The van der Waals surface area contributed by atoms with Gasteiger partial charge in [-0.25, -0.2) is 4.39 Å². The molecule has 0 aliphatic heterocycles. The van der Waals surface area contributed by atoms with Crippen molar-refractivity contribution in [3.63, 3.8) is 0 Å². The van der Waals surface area contributed by atoms with Gasteiger partial charge in [-0.2, -0.15) is 0 Å². The standard InChI is InChI=1S/C14H14ClFN2O/c1-2-19-13-5-3-4-11(14(13)17)18-12-8-9(16)6-7-10(12)15/h3-8,18H,2,17H2,1H3. The normalized spacial score (nSPS) is 10.3. The summed E-state index contributed by atoms with van der Waals surface area (Å²) in [5.41, 5.74) is 7.53. The Kier molecular flexibility index (Phi) is 4.12. The average Bonchev–Trinajstić information content (AvgIpc) is 2.39. The molecule has 0 fully saturated rings. The van der Waals surface area contributed by atoms with Crippen LogP contribution in [0, 0.1) is 5.82 Å². The van der Waals surface area contributed by atoms with Crippen LogP contribution in [0.15, 0.2) is 36.4 Å². The van der Waals surface area contributed by atoms with E-state index < -0.39 is 0 Å². The van der Waals surface area contributed by atoms with E-state index in [-0.39, 0.29) is 5.82 Å². The Hall–Kier alpha value is -1.94. The lowest BCUT2D eigenvalue weighted by molar-refractivity contribution is 0.342. The summed E-state index contributed by atoms with van der Waals surface area (Å²) in [6.45, 7) is 2.40. The summed E-state index contributed by atoms with van der Waals surface area (Å²) in [6.07, 6.45) is 0. The molecule has 3 N–H and O–H groups in total. The minimum Gasteiger partial charge on any atom is -0.492 e. The average molecular weight is 281 g/mol. The molecule has 0 saturated heterocycles. The van der Waals surface area contributed by atoms with E-state index in [1.807, 2.05) is 6.92 Å². The molecule has 2 aromatic rings. The molecule has 0 spiro atoms. The van der Waals surface area contributed by atoms with Gasteiger partial charge in [0.25, 0.3) is 0 Å². The highest BCUT2D eigenvalue weighted by atomic mass is 35.5. The van der Waals surface area contributed by atoms with Crippen molar-refractivity contribution in [3.8, 4) is 5.75 Å². The molecule has 0 atom stereocenters. The van der Waals surface area contributed by atoms with Gasteiger partial charge < -0.3 is 15.8 Å². The van der Waals surface area contributed by atoms with E-state index in [1.54, 1.807) is 18.2 Å². The lowest BCUT2D eigenvalue weighted by Gasteiger charge is -2.14. The fraction of sp³-hybridized carbons (Fsp3) is 0.143. The van der Waals surface area contributed by atoms with E-state index in [0.29, 0.717) is 34.4 Å². The summed E-state index contributed by atoms with van der Waals surface area (Å²) >= 11 is 6.00. The summed E-state index contributed by atoms with van der Waals surface area (Å²) in [5, 5.41) is 3.42. The Bertz CT molecular complexity index is 590. The summed E-state index contributed by atoms with van der Waals surface area (Å²) in [4.78, 5) is 0. The lowest BCUT2D eigenvalue weighted by Crippen LogP contribution is -2.01. The number of halogens is 2. The molecule has 0 radical (unpaired) electrons. The van der Waals surface area contributed by atoms with Crippen molar-refractivity contribution in [2.45, 2.75) is 6.92 Å². The largest absolute Gasteiger partial charge is 0.492 e. The van der Waals surface area contributed by atoms with Crippen LogP contribution in [0.4, 0.5) is 21.5 Å². The van der Waals surface area contributed by atoms with Crippen molar-refractivity contribution in [2.24, 2.45) is 0 Å². The fourth-order valence-electron chi connectivity index (χ4n) is 1.67. The molecule has 2 aromatic carbocycles. The van der Waals surface area contributed by atoms with Crippen LogP contribution in [0.1, 0.15) is 6.92 Å². The smallest absolute Gasteiger partial charge is 0.144 e. The van der Waals surface area contributed by atoms with E-state index in [1.165, 1.54) is 18.2 Å². The molecule has 0 bridgehead atoms. The second-order valence-corrected chi connectivity index (χ2v) is 4.31. The van der Waals surface area contributed by atoms with Crippen molar-refractivity contribution in [2.75, 3.05) is 17.7 Å². The van der Waals surface area contributed by atoms with Gasteiger partial charge in [-0.05, 0) is 37.3 Å². The van der Waals surface area contributed by atoms with Gasteiger partial charge in [0.05, 0.1) is 28.7 Å². The zero-order valence-corrected chi connectivity index (χ0v) is 11.2. The second kappa shape index (κ2) is 5.80. The topological polar surface area (TPSA) is 47.3 Å². The van der Waals surface area contributed by atoms with E-state index >= 15 is 0 Å². The summed E-state index contributed by atoms with van der Waals surface area (Å²) in [5.74, 6) is 0.214. The molecule has 19 heavy (non-hydrogen) atoms. The lowest BCUT2D eigenvalue weighted by atomic mass is 10.2. The van der Waals surface area contributed by atoms with Crippen LogP contribution < -0.4 is 15.8 Å². The predicted molar refractivity (Wildman–Crippen MR) is 76.7 cm³/mol. The number of nitrogens with one attached hydrogen (secondary N) is 1. The molecule has 0 aromatic heterocycles. The van der Waals surface area contributed by atoms with E-state index in [9.17, 15) is 4.39 Å². The number of hydrogen-bond acceptors (Lipinski definition) is 3. The van der Waals surface area contributed by atoms with Gasteiger partial charge in [0, 0.05) is 0 Å². The molecule has 0 saturated carbocycles. The molecule has 0 unspecified atom stereocenters. The maximum atomic E-state index is 13.2. The van der Waals surface area contributed by atoms with Crippen molar-refractivity contribution in [1.29, 1.82) is 0 Å². The van der Waals surface area contributed by atoms with E-state index in [2.05, 4.69) is 5.32 Å². The molecule has 0 amide bonds. The van der Waals surface area contributed by atoms with E-state index in [4.69, 9.17) is 22.1 Å². The third-order valence-electron chi connectivity index (χ3n) is 2.56. The number of hydrogen-bond donors (Lipinski definition) is 2. The van der Waals surface area contributed by atoms with Crippen LogP contribution in [-0.2, 0) is 0 Å². The molecular weight excluding hydrogens is 267 g/mol. The fourth-order valence-corrected chi connectivity index (χ4v) is 1.84. The first-order chi connectivity index (χ1) is 9.11. The molecule has 100 valence electrons. The van der Waals surface area contributed by atoms with Gasteiger partial charge in [-0.1, -0.05) is 17.7 Å².